The molecule has 0 unspecified atom stereocenters. The van der Waals surface area contributed by atoms with Crippen molar-refractivity contribution in [2.45, 2.75) is 26.4 Å². The zero-order valence-electron chi connectivity index (χ0n) is 16.5. The number of ether oxygens (including phenoxy) is 1. The Bertz CT molecular complexity index is 915. The van der Waals surface area contributed by atoms with Gasteiger partial charge in [-0.2, -0.15) is 0 Å². The highest BCUT2D eigenvalue weighted by atomic mass is 35.5. The molecule has 0 bridgehead atoms. The van der Waals surface area contributed by atoms with E-state index in [1.54, 1.807) is 6.20 Å². The lowest BCUT2D eigenvalue weighted by Crippen LogP contribution is -2.11. The van der Waals surface area contributed by atoms with Crippen LogP contribution in [0.25, 0.3) is 0 Å². The summed E-state index contributed by atoms with van der Waals surface area (Å²) >= 11 is 6.00. The summed E-state index contributed by atoms with van der Waals surface area (Å²) in [5.74, 6) is 1.31. The van der Waals surface area contributed by atoms with E-state index in [-0.39, 0.29) is 12.7 Å². The summed E-state index contributed by atoms with van der Waals surface area (Å²) in [6, 6.07) is 15.5. The number of nitrogens with zero attached hydrogens (tertiary/aromatic N) is 2. The van der Waals surface area contributed by atoms with Gasteiger partial charge in [0.05, 0.1) is 30.3 Å². The third kappa shape index (κ3) is 6.34. The molecule has 1 heterocycles. The Balaban J connectivity index is 1.82. The number of aromatic nitrogens is 2. The highest BCUT2D eigenvalue weighted by molar-refractivity contribution is 6.30. The van der Waals surface area contributed by atoms with Gasteiger partial charge in [-0.05, 0) is 55.8 Å². The van der Waals surface area contributed by atoms with E-state index in [1.807, 2.05) is 62.4 Å². The Hall–Kier alpha value is -2.83. The van der Waals surface area contributed by atoms with Crippen LogP contribution in [0.1, 0.15) is 25.1 Å². The summed E-state index contributed by atoms with van der Waals surface area (Å²) in [6.45, 7) is 4.41. The van der Waals surface area contributed by atoms with Crippen LogP contribution in [0.5, 0.6) is 5.75 Å². The molecule has 0 aliphatic rings. The van der Waals surface area contributed by atoms with Gasteiger partial charge in [0.2, 0.25) is 5.95 Å². The molecule has 1 aromatic heterocycles. The van der Waals surface area contributed by atoms with Crippen LogP contribution in [-0.4, -0.2) is 34.3 Å². The third-order valence-electron chi connectivity index (χ3n) is 4.05. The number of anilines is 3. The third-order valence-corrected chi connectivity index (χ3v) is 4.30. The molecule has 0 saturated heterocycles. The Morgan fingerprint density at radius 1 is 1.07 bits per heavy atom. The first-order valence-corrected chi connectivity index (χ1v) is 9.90. The molecule has 152 valence electrons. The molecule has 0 atom stereocenters. The van der Waals surface area contributed by atoms with Crippen LogP contribution in [0.4, 0.5) is 17.3 Å². The van der Waals surface area contributed by atoms with Gasteiger partial charge in [-0.3, -0.25) is 0 Å². The molecular formula is C22H25ClN4O2. The Labute approximate surface area is 175 Å². The Morgan fingerprint density at radius 3 is 2.45 bits per heavy atom. The van der Waals surface area contributed by atoms with Crippen LogP contribution in [0.3, 0.4) is 0 Å². The summed E-state index contributed by atoms with van der Waals surface area (Å²) in [4.78, 5) is 8.97. The molecule has 0 aliphatic carbocycles. The van der Waals surface area contributed by atoms with E-state index in [9.17, 15) is 0 Å². The second kappa shape index (κ2) is 10.1. The quantitative estimate of drug-likeness (QED) is 0.474. The van der Waals surface area contributed by atoms with Gasteiger partial charge >= 0.3 is 0 Å². The van der Waals surface area contributed by atoms with Gasteiger partial charge < -0.3 is 20.5 Å². The second-order valence-electron chi connectivity index (χ2n) is 6.82. The number of benzene rings is 2. The minimum Gasteiger partial charge on any atom is -0.491 e. The maximum Gasteiger partial charge on any atom is 0.223 e. The number of nitrogens with one attached hydrogen (secondary N) is 2. The predicted molar refractivity (Wildman–Crippen MR) is 117 cm³/mol. The summed E-state index contributed by atoms with van der Waals surface area (Å²) in [6.07, 6.45) is 2.49. The van der Waals surface area contributed by atoms with E-state index >= 15 is 0 Å². The number of halogens is 1. The molecule has 0 fully saturated rings. The van der Waals surface area contributed by atoms with E-state index in [2.05, 4.69) is 20.6 Å². The minimum absolute atomic E-state index is 0.0146. The lowest BCUT2D eigenvalue weighted by Gasteiger charge is -2.14. The lowest BCUT2D eigenvalue weighted by molar-refractivity contribution is 0.242. The first kappa shape index (κ1) is 20.9. The van der Waals surface area contributed by atoms with Crippen molar-refractivity contribution in [3.63, 3.8) is 0 Å². The minimum atomic E-state index is 0.0146. The fraction of sp³-hybridized carbons (Fsp3) is 0.273. The van der Waals surface area contributed by atoms with E-state index in [4.69, 9.17) is 21.4 Å². The Kier molecular flexibility index (Phi) is 7.27. The fourth-order valence-corrected chi connectivity index (χ4v) is 2.88. The number of hydrogen-bond donors (Lipinski definition) is 3. The molecule has 0 aliphatic heterocycles. The molecule has 3 N–H and O–H groups in total. The zero-order chi connectivity index (χ0) is 20.6. The number of aliphatic hydroxyl groups is 1. The molecule has 2 aromatic carbocycles. The summed E-state index contributed by atoms with van der Waals surface area (Å²) in [7, 11) is 0. The van der Waals surface area contributed by atoms with Crippen LogP contribution in [-0.2, 0) is 6.42 Å². The number of hydrogen-bond acceptors (Lipinski definition) is 6. The SMILES string of the molecule is CC(C)Oc1ccc(Nc2cnc(NCCO)nc2Cc2ccc(Cl)cc2)cc1. The first-order chi connectivity index (χ1) is 14.0. The summed E-state index contributed by atoms with van der Waals surface area (Å²) in [5, 5.41) is 16.1. The Morgan fingerprint density at radius 2 is 1.79 bits per heavy atom. The lowest BCUT2D eigenvalue weighted by atomic mass is 10.1. The monoisotopic (exact) mass is 412 g/mol. The highest BCUT2D eigenvalue weighted by Gasteiger charge is 2.10. The average Bonchev–Trinajstić information content (AvgIpc) is 2.71. The van der Waals surface area contributed by atoms with Gasteiger partial charge in [-0.25, -0.2) is 9.97 Å². The molecule has 0 saturated carbocycles. The molecule has 3 rings (SSSR count). The van der Waals surface area contributed by atoms with Crippen LogP contribution in [0.2, 0.25) is 5.02 Å². The number of aliphatic hydroxyl groups excluding tert-OH is 1. The van der Waals surface area contributed by atoms with Crippen molar-refractivity contribution >= 4 is 28.9 Å². The van der Waals surface area contributed by atoms with Gasteiger partial charge in [0.15, 0.2) is 0 Å². The average molecular weight is 413 g/mol. The van der Waals surface area contributed by atoms with E-state index in [0.29, 0.717) is 23.9 Å². The van der Waals surface area contributed by atoms with Crippen LogP contribution < -0.4 is 15.4 Å². The smallest absolute Gasteiger partial charge is 0.223 e. The van der Waals surface area contributed by atoms with Crippen molar-refractivity contribution in [2.75, 3.05) is 23.8 Å². The van der Waals surface area contributed by atoms with Gasteiger partial charge in [0, 0.05) is 23.7 Å². The van der Waals surface area contributed by atoms with Crippen LogP contribution in [0.15, 0.2) is 54.7 Å². The normalized spacial score (nSPS) is 10.8. The maximum atomic E-state index is 9.03. The summed E-state index contributed by atoms with van der Waals surface area (Å²) < 4.78 is 5.69. The molecule has 7 heteroatoms. The van der Waals surface area contributed by atoms with Gasteiger partial charge in [0.25, 0.3) is 0 Å². The van der Waals surface area contributed by atoms with Crippen molar-refractivity contribution in [2.24, 2.45) is 0 Å². The van der Waals surface area contributed by atoms with Crippen LogP contribution in [0, 0.1) is 0 Å². The van der Waals surface area contributed by atoms with Gasteiger partial charge in [0.1, 0.15) is 5.75 Å². The van der Waals surface area contributed by atoms with Crippen molar-refractivity contribution in [1.82, 2.24) is 9.97 Å². The molecule has 0 spiro atoms. The van der Waals surface area contributed by atoms with Crippen molar-refractivity contribution < 1.29 is 9.84 Å². The fourth-order valence-electron chi connectivity index (χ4n) is 2.75. The highest BCUT2D eigenvalue weighted by Crippen LogP contribution is 2.25. The molecule has 6 nitrogen and oxygen atoms in total. The molecule has 0 amide bonds. The van der Waals surface area contributed by atoms with Crippen molar-refractivity contribution in [1.29, 1.82) is 0 Å². The van der Waals surface area contributed by atoms with E-state index in [0.717, 1.165) is 28.4 Å². The largest absolute Gasteiger partial charge is 0.491 e. The van der Waals surface area contributed by atoms with Gasteiger partial charge in [-0.1, -0.05) is 23.7 Å². The van der Waals surface area contributed by atoms with Gasteiger partial charge in [-0.15, -0.1) is 0 Å². The predicted octanol–water partition coefficient (Wildman–Crippen LogP) is 4.66. The number of rotatable bonds is 9. The molecule has 3 aromatic rings. The summed E-state index contributed by atoms with van der Waals surface area (Å²) in [5.41, 5.74) is 3.65. The van der Waals surface area contributed by atoms with Crippen LogP contribution >= 0.6 is 11.6 Å². The molecule has 29 heavy (non-hydrogen) atoms. The van der Waals surface area contributed by atoms with Crippen molar-refractivity contribution in [3.8, 4) is 5.75 Å². The molecular weight excluding hydrogens is 388 g/mol. The standard InChI is InChI=1S/C22H25ClN4O2/c1-15(2)29-19-9-7-18(8-10-19)26-21-14-25-22(24-11-12-28)27-20(21)13-16-3-5-17(23)6-4-16/h3-10,14-15,26,28H,11-13H2,1-2H3,(H,24,25,27). The molecule has 0 radical (unpaired) electrons. The second-order valence-corrected chi connectivity index (χ2v) is 7.26. The maximum absolute atomic E-state index is 9.03. The van der Waals surface area contributed by atoms with E-state index < -0.39 is 0 Å². The topological polar surface area (TPSA) is 79.3 Å². The first-order valence-electron chi connectivity index (χ1n) is 9.52. The van der Waals surface area contributed by atoms with Crippen molar-refractivity contribution in [3.05, 3.63) is 71.0 Å². The zero-order valence-corrected chi connectivity index (χ0v) is 17.3. The van der Waals surface area contributed by atoms with E-state index in [1.165, 1.54) is 0 Å².